The Balaban J connectivity index is 0. The number of amides is 1. The van der Waals surface area contributed by atoms with Crippen LogP contribution in [0.2, 0.25) is 0 Å². The zero-order chi connectivity index (χ0) is 16.3. The molecule has 0 fully saturated rings. The molecule has 1 amide bonds. The van der Waals surface area contributed by atoms with Crippen LogP contribution in [0.25, 0.3) is 0 Å². The molecule has 0 rings (SSSR count). The molecule has 0 saturated heterocycles. The lowest BCUT2D eigenvalue weighted by atomic mass is 10.0. The first kappa shape index (κ1) is 20.7. The molecular weight excluding hydrogens is 264 g/mol. The zero-order valence-corrected chi connectivity index (χ0v) is 12.5. The topological polar surface area (TPSA) is 130 Å². The Bertz CT molecular complexity index is 318. The molecule has 0 heterocycles. The van der Waals surface area contributed by atoms with Crippen LogP contribution in [0.15, 0.2) is 0 Å². The van der Waals surface area contributed by atoms with Crippen LogP contribution >= 0.6 is 0 Å². The first-order chi connectivity index (χ1) is 9.11. The summed E-state index contributed by atoms with van der Waals surface area (Å²) in [5, 5.41) is 18.8. The molecule has 7 nitrogen and oxygen atoms in total. The number of carbonyl (C=O) groups excluding carboxylic acids is 1. The van der Waals surface area contributed by atoms with E-state index in [0.29, 0.717) is 6.42 Å². The lowest BCUT2D eigenvalue weighted by molar-refractivity contribution is -0.140. The highest BCUT2D eigenvalue weighted by Crippen LogP contribution is 2.04. The van der Waals surface area contributed by atoms with Crippen molar-refractivity contribution < 1.29 is 24.6 Å². The molecule has 0 bridgehead atoms. The van der Waals surface area contributed by atoms with E-state index in [4.69, 9.17) is 15.9 Å². The Kier molecular flexibility index (Phi) is 11.6. The van der Waals surface area contributed by atoms with Crippen molar-refractivity contribution in [3.63, 3.8) is 0 Å². The van der Waals surface area contributed by atoms with E-state index in [-0.39, 0.29) is 24.3 Å². The summed E-state index contributed by atoms with van der Waals surface area (Å²) in [5.41, 5.74) is 5.27. The fraction of sp³-hybridized carbons (Fsp3) is 0.769. The summed E-state index contributed by atoms with van der Waals surface area (Å²) in [7, 11) is 0. The normalized spacial score (nSPS) is 12.9. The first-order valence-electron chi connectivity index (χ1n) is 6.58. The molecule has 20 heavy (non-hydrogen) atoms. The number of aliphatic carboxylic acids is 2. The average Bonchev–Trinajstić information content (AvgIpc) is 2.34. The number of hydrogen-bond donors (Lipinski definition) is 4. The van der Waals surface area contributed by atoms with Gasteiger partial charge in [-0.3, -0.25) is 14.4 Å². The van der Waals surface area contributed by atoms with Crippen LogP contribution in [-0.4, -0.2) is 40.6 Å². The predicted octanol–water partition coefficient (Wildman–Crippen LogP) is 0.678. The Morgan fingerprint density at radius 3 is 1.90 bits per heavy atom. The van der Waals surface area contributed by atoms with Gasteiger partial charge in [-0.05, 0) is 11.8 Å². The maximum absolute atomic E-state index is 10.8. The highest BCUT2D eigenvalue weighted by atomic mass is 16.4. The van der Waals surface area contributed by atoms with Gasteiger partial charge < -0.3 is 21.3 Å². The molecule has 0 radical (unpaired) electrons. The molecule has 0 aliphatic heterocycles. The van der Waals surface area contributed by atoms with Crippen molar-refractivity contribution in [2.45, 2.75) is 46.6 Å². The van der Waals surface area contributed by atoms with Crippen LogP contribution in [0, 0.1) is 11.8 Å². The number of nitrogens with two attached hydrogens (primary N) is 1. The minimum absolute atomic E-state index is 0.0718. The van der Waals surface area contributed by atoms with Crippen LogP contribution in [0.3, 0.4) is 0 Å². The molecule has 0 spiro atoms. The van der Waals surface area contributed by atoms with Gasteiger partial charge in [0.1, 0.15) is 12.6 Å². The van der Waals surface area contributed by atoms with E-state index in [2.05, 4.69) is 5.32 Å². The van der Waals surface area contributed by atoms with Crippen molar-refractivity contribution in [3.8, 4) is 0 Å². The van der Waals surface area contributed by atoms with Gasteiger partial charge in [0.2, 0.25) is 5.91 Å². The number of carboxylic acid groups (broad SMARTS) is 2. The molecular formula is C13H26N2O5. The molecule has 0 aromatic heterocycles. The minimum atomic E-state index is -1.01. The van der Waals surface area contributed by atoms with E-state index in [1.165, 1.54) is 0 Å². The van der Waals surface area contributed by atoms with Gasteiger partial charge in [0, 0.05) is 6.42 Å². The largest absolute Gasteiger partial charge is 0.480 e. The van der Waals surface area contributed by atoms with E-state index >= 15 is 0 Å². The van der Waals surface area contributed by atoms with E-state index in [1.54, 1.807) is 0 Å². The van der Waals surface area contributed by atoms with Gasteiger partial charge in [-0.1, -0.05) is 34.1 Å². The molecule has 0 aliphatic carbocycles. The summed E-state index contributed by atoms with van der Waals surface area (Å²) >= 11 is 0. The smallest absolute Gasteiger partial charge is 0.322 e. The molecule has 0 unspecified atom stereocenters. The second-order valence-electron chi connectivity index (χ2n) is 5.02. The Morgan fingerprint density at radius 1 is 1.15 bits per heavy atom. The van der Waals surface area contributed by atoms with Crippen LogP contribution in [-0.2, 0) is 14.4 Å². The number of carboxylic acids is 2. The Labute approximate surface area is 119 Å². The fourth-order valence-electron chi connectivity index (χ4n) is 1.11. The lowest BCUT2D eigenvalue weighted by Crippen LogP contribution is -2.36. The summed E-state index contributed by atoms with van der Waals surface area (Å²) in [4.78, 5) is 30.9. The van der Waals surface area contributed by atoms with Crippen molar-refractivity contribution in [3.05, 3.63) is 0 Å². The lowest BCUT2D eigenvalue weighted by Gasteiger charge is -2.11. The van der Waals surface area contributed by atoms with Gasteiger partial charge in [0.05, 0.1) is 0 Å². The van der Waals surface area contributed by atoms with Crippen LogP contribution in [0.4, 0.5) is 0 Å². The van der Waals surface area contributed by atoms with Crippen LogP contribution < -0.4 is 11.1 Å². The van der Waals surface area contributed by atoms with E-state index in [1.807, 2.05) is 27.7 Å². The van der Waals surface area contributed by atoms with E-state index < -0.39 is 18.0 Å². The first-order valence-corrected chi connectivity index (χ1v) is 6.58. The summed E-state index contributed by atoms with van der Waals surface area (Å²) in [6, 6.07) is -0.699. The number of rotatable bonds is 7. The zero-order valence-electron chi connectivity index (χ0n) is 12.5. The number of hydrogen-bond acceptors (Lipinski definition) is 4. The quantitative estimate of drug-likeness (QED) is 0.545. The molecule has 7 heteroatoms. The third-order valence-corrected chi connectivity index (χ3v) is 2.57. The minimum Gasteiger partial charge on any atom is -0.480 e. The Morgan fingerprint density at radius 2 is 1.65 bits per heavy atom. The highest BCUT2D eigenvalue weighted by molar-refractivity contribution is 5.81. The maximum Gasteiger partial charge on any atom is 0.322 e. The number of nitrogens with one attached hydrogen (secondary N) is 1. The third kappa shape index (κ3) is 12.8. The van der Waals surface area contributed by atoms with Gasteiger partial charge in [-0.2, -0.15) is 0 Å². The van der Waals surface area contributed by atoms with Crippen LogP contribution in [0.1, 0.15) is 40.5 Å². The van der Waals surface area contributed by atoms with Crippen molar-refractivity contribution in [2.75, 3.05) is 6.54 Å². The monoisotopic (exact) mass is 290 g/mol. The molecule has 118 valence electrons. The molecule has 0 saturated carbocycles. The van der Waals surface area contributed by atoms with Gasteiger partial charge >= 0.3 is 11.9 Å². The third-order valence-electron chi connectivity index (χ3n) is 2.57. The summed E-state index contributed by atoms with van der Waals surface area (Å²) in [6.45, 7) is 7.28. The molecule has 0 aliphatic rings. The van der Waals surface area contributed by atoms with Gasteiger partial charge in [0.25, 0.3) is 0 Å². The van der Waals surface area contributed by atoms with Gasteiger partial charge in [-0.15, -0.1) is 0 Å². The second kappa shape index (κ2) is 11.2. The Hall–Kier alpha value is -1.63. The predicted molar refractivity (Wildman–Crippen MR) is 75.2 cm³/mol. The highest BCUT2D eigenvalue weighted by Gasteiger charge is 2.17. The van der Waals surface area contributed by atoms with Gasteiger partial charge in [0.15, 0.2) is 0 Å². The second-order valence-corrected chi connectivity index (χ2v) is 5.02. The fourth-order valence-corrected chi connectivity index (χ4v) is 1.11. The molecule has 0 aromatic carbocycles. The van der Waals surface area contributed by atoms with Crippen molar-refractivity contribution in [1.82, 2.24) is 5.32 Å². The SMILES string of the molecule is CC(C)CC(=O)NCC(=O)O.CC[C@H](C)[C@H](N)C(=O)O. The molecule has 5 N–H and O–H groups in total. The molecule has 2 atom stereocenters. The van der Waals surface area contributed by atoms with E-state index in [9.17, 15) is 14.4 Å². The van der Waals surface area contributed by atoms with Crippen molar-refractivity contribution in [2.24, 2.45) is 17.6 Å². The summed E-state index contributed by atoms with van der Waals surface area (Å²) in [5.74, 6) is -1.79. The van der Waals surface area contributed by atoms with E-state index in [0.717, 1.165) is 6.42 Å². The number of carbonyl (C=O) groups is 3. The summed E-state index contributed by atoms with van der Waals surface area (Å²) < 4.78 is 0. The molecule has 0 aromatic rings. The van der Waals surface area contributed by atoms with Crippen LogP contribution in [0.5, 0.6) is 0 Å². The van der Waals surface area contributed by atoms with Gasteiger partial charge in [-0.25, -0.2) is 0 Å². The maximum atomic E-state index is 10.8. The summed E-state index contributed by atoms with van der Waals surface area (Å²) in [6.07, 6.45) is 1.20. The average molecular weight is 290 g/mol. The standard InChI is InChI=1S/C7H13NO3.C6H13NO2/c1-5(2)3-6(9)8-4-7(10)11;1-3-4(2)5(7)6(8)9/h5H,3-4H2,1-2H3,(H,8,9)(H,10,11);4-5H,3,7H2,1-2H3,(H,8,9)/t;4-,5-/m.0/s1. The van der Waals surface area contributed by atoms with Crippen molar-refractivity contribution >= 4 is 17.8 Å². The van der Waals surface area contributed by atoms with Crippen molar-refractivity contribution in [1.29, 1.82) is 0 Å².